The minimum absolute atomic E-state index is 0.656. The number of piperidine rings is 1. The molecule has 1 atom stereocenters. The highest BCUT2D eigenvalue weighted by Gasteiger charge is 2.16. The van der Waals surface area contributed by atoms with Gasteiger partial charge in [0.2, 0.25) is 0 Å². The predicted molar refractivity (Wildman–Crippen MR) is 84.2 cm³/mol. The molecule has 3 nitrogen and oxygen atoms in total. The second-order valence-electron chi connectivity index (χ2n) is 5.52. The number of para-hydroxylation sites is 1. The summed E-state index contributed by atoms with van der Waals surface area (Å²) in [6.45, 7) is 9.39. The van der Waals surface area contributed by atoms with Crippen molar-refractivity contribution in [2.45, 2.75) is 45.7 Å². The molecule has 0 aliphatic carbocycles. The average Bonchev–Trinajstić information content (AvgIpc) is 2.50. The molecule has 1 aliphatic rings. The Labute approximate surface area is 123 Å². The largest absolute Gasteiger partial charge is 0.494 e. The lowest BCUT2D eigenvalue weighted by Gasteiger charge is -2.30. The Bertz CT molecular complexity index is 388. The van der Waals surface area contributed by atoms with Gasteiger partial charge in [-0.05, 0) is 38.9 Å². The van der Waals surface area contributed by atoms with Gasteiger partial charge in [-0.15, -0.1) is 0 Å². The Morgan fingerprint density at radius 2 is 2.10 bits per heavy atom. The Morgan fingerprint density at radius 3 is 2.80 bits per heavy atom. The molecule has 0 amide bonds. The lowest BCUT2D eigenvalue weighted by molar-refractivity contribution is 0.222. The number of hydrogen-bond acceptors (Lipinski definition) is 3. The maximum atomic E-state index is 5.73. The molecule has 1 N–H and O–H groups in total. The summed E-state index contributed by atoms with van der Waals surface area (Å²) in [6, 6.07) is 9.06. The second kappa shape index (κ2) is 8.28. The van der Waals surface area contributed by atoms with Gasteiger partial charge in [0, 0.05) is 24.7 Å². The van der Waals surface area contributed by atoms with E-state index in [-0.39, 0.29) is 0 Å². The molecule has 0 saturated carbocycles. The summed E-state index contributed by atoms with van der Waals surface area (Å²) in [5.41, 5.74) is 1.30. The van der Waals surface area contributed by atoms with E-state index < -0.39 is 0 Å². The third kappa shape index (κ3) is 4.50. The van der Waals surface area contributed by atoms with Crippen LogP contribution >= 0.6 is 0 Å². The molecule has 1 heterocycles. The van der Waals surface area contributed by atoms with E-state index >= 15 is 0 Å². The van der Waals surface area contributed by atoms with Crippen molar-refractivity contribution in [3.8, 4) is 5.75 Å². The van der Waals surface area contributed by atoms with Gasteiger partial charge in [0.25, 0.3) is 0 Å². The first-order valence-electron chi connectivity index (χ1n) is 8.00. The van der Waals surface area contributed by atoms with Gasteiger partial charge in [-0.1, -0.05) is 31.5 Å². The van der Waals surface area contributed by atoms with Crippen molar-refractivity contribution in [1.82, 2.24) is 10.2 Å². The van der Waals surface area contributed by atoms with Crippen molar-refractivity contribution < 1.29 is 4.74 Å². The first kappa shape index (κ1) is 15.3. The van der Waals surface area contributed by atoms with Gasteiger partial charge in [0.15, 0.2) is 0 Å². The topological polar surface area (TPSA) is 24.5 Å². The van der Waals surface area contributed by atoms with Gasteiger partial charge in [-0.25, -0.2) is 0 Å². The molecular formula is C17H28N2O. The van der Waals surface area contributed by atoms with Crippen LogP contribution in [0.25, 0.3) is 0 Å². The van der Waals surface area contributed by atoms with Crippen LogP contribution < -0.4 is 10.1 Å². The molecule has 2 rings (SSSR count). The molecular weight excluding hydrogens is 248 g/mol. The number of benzene rings is 1. The first-order chi connectivity index (χ1) is 9.83. The Hall–Kier alpha value is -1.06. The van der Waals surface area contributed by atoms with Crippen LogP contribution in [0.3, 0.4) is 0 Å². The highest BCUT2D eigenvalue weighted by atomic mass is 16.5. The van der Waals surface area contributed by atoms with Gasteiger partial charge >= 0.3 is 0 Å². The smallest absolute Gasteiger partial charge is 0.123 e. The maximum absolute atomic E-state index is 5.73. The molecule has 1 fully saturated rings. The first-order valence-corrected chi connectivity index (χ1v) is 8.00. The van der Waals surface area contributed by atoms with E-state index in [9.17, 15) is 0 Å². The summed E-state index contributed by atoms with van der Waals surface area (Å²) < 4.78 is 5.73. The van der Waals surface area contributed by atoms with Crippen LogP contribution in [0.2, 0.25) is 0 Å². The van der Waals surface area contributed by atoms with Gasteiger partial charge in [-0.3, -0.25) is 4.90 Å². The zero-order valence-electron chi connectivity index (χ0n) is 12.9. The molecule has 20 heavy (non-hydrogen) atoms. The normalized spacial score (nSPS) is 19.2. The second-order valence-corrected chi connectivity index (χ2v) is 5.52. The molecule has 0 radical (unpaired) electrons. The Balaban J connectivity index is 1.94. The highest BCUT2D eigenvalue weighted by Crippen LogP contribution is 2.20. The van der Waals surface area contributed by atoms with E-state index in [4.69, 9.17) is 4.74 Å². The minimum Gasteiger partial charge on any atom is -0.494 e. The summed E-state index contributed by atoms with van der Waals surface area (Å²) in [5.74, 6) is 1.03. The number of rotatable bonds is 7. The third-order valence-electron chi connectivity index (χ3n) is 4.00. The van der Waals surface area contributed by atoms with Crippen LogP contribution in [0.1, 0.15) is 38.7 Å². The molecule has 3 heteroatoms. The molecule has 0 aromatic heterocycles. The summed E-state index contributed by atoms with van der Waals surface area (Å²) >= 11 is 0. The Morgan fingerprint density at radius 1 is 1.25 bits per heavy atom. The lowest BCUT2D eigenvalue weighted by atomic mass is 10.0. The minimum atomic E-state index is 0.656. The fraction of sp³-hybridized carbons (Fsp3) is 0.647. The van der Waals surface area contributed by atoms with E-state index in [2.05, 4.69) is 35.3 Å². The van der Waals surface area contributed by atoms with Crippen LogP contribution in [0.15, 0.2) is 24.3 Å². The standard InChI is InChI=1S/C17H28N2O/c1-3-19(14-16-10-7-8-12-18-16)13-15-9-5-6-11-17(15)20-4-2/h5-6,9,11,16,18H,3-4,7-8,10,12-14H2,1-2H3. The number of likely N-dealkylation sites (N-methyl/N-ethyl adjacent to an activating group) is 1. The molecule has 1 unspecified atom stereocenters. The predicted octanol–water partition coefficient (Wildman–Crippen LogP) is 3.05. The lowest BCUT2D eigenvalue weighted by Crippen LogP contribution is -2.43. The monoisotopic (exact) mass is 276 g/mol. The van der Waals surface area contributed by atoms with E-state index in [0.29, 0.717) is 6.04 Å². The quantitative estimate of drug-likeness (QED) is 0.828. The van der Waals surface area contributed by atoms with Gasteiger partial charge < -0.3 is 10.1 Å². The van der Waals surface area contributed by atoms with Crippen LogP contribution in [-0.2, 0) is 6.54 Å². The Kier molecular flexibility index (Phi) is 6.34. The zero-order chi connectivity index (χ0) is 14.2. The van der Waals surface area contributed by atoms with Crippen LogP contribution in [-0.4, -0.2) is 37.2 Å². The van der Waals surface area contributed by atoms with E-state index in [1.165, 1.54) is 31.4 Å². The summed E-state index contributed by atoms with van der Waals surface area (Å²) in [6.07, 6.45) is 4.00. The van der Waals surface area contributed by atoms with Crippen molar-refractivity contribution in [1.29, 1.82) is 0 Å². The number of nitrogens with one attached hydrogen (secondary N) is 1. The summed E-state index contributed by atoms with van der Waals surface area (Å²) in [7, 11) is 0. The van der Waals surface area contributed by atoms with Gasteiger partial charge in [0.05, 0.1) is 6.61 Å². The summed E-state index contributed by atoms with van der Waals surface area (Å²) in [5, 5.41) is 3.64. The van der Waals surface area contributed by atoms with E-state index in [1.807, 2.05) is 13.0 Å². The van der Waals surface area contributed by atoms with E-state index in [1.54, 1.807) is 0 Å². The van der Waals surface area contributed by atoms with Crippen molar-refractivity contribution in [2.75, 3.05) is 26.2 Å². The van der Waals surface area contributed by atoms with Crippen molar-refractivity contribution in [3.63, 3.8) is 0 Å². The SMILES string of the molecule is CCOc1ccccc1CN(CC)CC1CCCCN1. The highest BCUT2D eigenvalue weighted by molar-refractivity contribution is 5.33. The zero-order valence-corrected chi connectivity index (χ0v) is 12.9. The fourth-order valence-electron chi connectivity index (χ4n) is 2.87. The van der Waals surface area contributed by atoms with Crippen LogP contribution in [0.4, 0.5) is 0 Å². The molecule has 112 valence electrons. The van der Waals surface area contributed by atoms with Crippen molar-refractivity contribution >= 4 is 0 Å². The molecule has 1 aromatic rings. The maximum Gasteiger partial charge on any atom is 0.123 e. The van der Waals surface area contributed by atoms with Crippen molar-refractivity contribution in [3.05, 3.63) is 29.8 Å². The molecule has 1 aromatic carbocycles. The van der Waals surface area contributed by atoms with Crippen LogP contribution in [0.5, 0.6) is 5.75 Å². The molecule has 1 saturated heterocycles. The van der Waals surface area contributed by atoms with Crippen molar-refractivity contribution in [2.24, 2.45) is 0 Å². The summed E-state index contributed by atoms with van der Waals surface area (Å²) in [4.78, 5) is 2.51. The molecule has 0 bridgehead atoms. The van der Waals surface area contributed by atoms with Gasteiger partial charge in [-0.2, -0.15) is 0 Å². The fourth-order valence-corrected chi connectivity index (χ4v) is 2.87. The molecule has 1 aliphatic heterocycles. The average molecular weight is 276 g/mol. The molecule has 0 spiro atoms. The number of ether oxygens (including phenoxy) is 1. The van der Waals surface area contributed by atoms with E-state index in [0.717, 1.165) is 32.0 Å². The number of hydrogen-bond donors (Lipinski definition) is 1. The van der Waals surface area contributed by atoms with Crippen LogP contribution in [0, 0.1) is 0 Å². The van der Waals surface area contributed by atoms with Gasteiger partial charge in [0.1, 0.15) is 5.75 Å². The third-order valence-corrected chi connectivity index (χ3v) is 4.00. The number of nitrogens with zero attached hydrogens (tertiary/aromatic N) is 1.